The first-order valence-electron chi connectivity index (χ1n) is 16.3. The number of halogens is 1. The fourth-order valence-corrected chi connectivity index (χ4v) is 10.6. The van der Waals surface area contributed by atoms with Crippen molar-refractivity contribution >= 4 is 29.3 Å². The fourth-order valence-electron chi connectivity index (χ4n) is 8.49. The Morgan fingerprint density at radius 3 is 2.77 bits per heavy atom. The Labute approximate surface area is 264 Å². The maximum absolute atomic E-state index is 13.8. The standard InChI is InChI=1S/C31H49ClN6O4S/c1-17-12-22(29-28(35-17)24(16-43-29)31(40)41)21-13-19(32)4-7-26(21)42-11-10-38-18(2)36-25-6-5-20(14-23(25)30(38)39)37(3)15-27-33-8-9-34-27/h17,19-22,24,26-29,33-35H,4-16H2,1-3H3,(H,40,41). The van der Waals surface area contributed by atoms with Gasteiger partial charge >= 0.3 is 5.97 Å². The predicted molar refractivity (Wildman–Crippen MR) is 170 cm³/mol. The van der Waals surface area contributed by atoms with Crippen LogP contribution in [0.3, 0.4) is 0 Å². The zero-order valence-corrected chi connectivity index (χ0v) is 27.3. The number of likely N-dealkylation sites (N-methyl/N-ethyl adjacent to an activating group) is 1. The molecule has 43 heavy (non-hydrogen) atoms. The number of nitrogens with zero attached hydrogens (tertiary/aromatic N) is 3. The third kappa shape index (κ3) is 6.83. The van der Waals surface area contributed by atoms with Gasteiger partial charge < -0.3 is 20.1 Å². The molecule has 5 aliphatic rings. The first kappa shape index (κ1) is 31.8. The Balaban J connectivity index is 1.12. The van der Waals surface area contributed by atoms with Crippen molar-refractivity contribution in [3.63, 3.8) is 0 Å². The molecule has 240 valence electrons. The van der Waals surface area contributed by atoms with E-state index in [2.05, 4.69) is 34.8 Å². The number of ether oxygens (including phenoxy) is 1. The van der Waals surface area contributed by atoms with Gasteiger partial charge in [-0.1, -0.05) is 0 Å². The molecule has 9 unspecified atom stereocenters. The van der Waals surface area contributed by atoms with Crippen LogP contribution < -0.4 is 21.5 Å². The Bertz CT molecular complexity index is 1210. The molecule has 4 N–H and O–H groups in total. The van der Waals surface area contributed by atoms with Crippen LogP contribution in [0.15, 0.2) is 4.79 Å². The van der Waals surface area contributed by atoms with Crippen LogP contribution in [0.4, 0.5) is 0 Å². The maximum Gasteiger partial charge on any atom is 0.308 e. The zero-order valence-electron chi connectivity index (χ0n) is 25.8. The van der Waals surface area contributed by atoms with Crippen LogP contribution in [-0.4, -0.2) is 106 Å². The van der Waals surface area contributed by atoms with Gasteiger partial charge in [-0.05, 0) is 77.7 Å². The van der Waals surface area contributed by atoms with Crippen molar-refractivity contribution in [1.29, 1.82) is 0 Å². The highest BCUT2D eigenvalue weighted by molar-refractivity contribution is 8.00. The molecule has 2 aliphatic carbocycles. The van der Waals surface area contributed by atoms with Crippen molar-refractivity contribution in [1.82, 2.24) is 30.4 Å². The summed E-state index contributed by atoms with van der Waals surface area (Å²) in [5.74, 6) is 1.01. The van der Waals surface area contributed by atoms with E-state index in [0.29, 0.717) is 37.0 Å². The average Bonchev–Trinajstić information content (AvgIpc) is 3.65. The minimum atomic E-state index is -0.702. The molecule has 9 atom stereocenters. The average molecular weight is 637 g/mol. The summed E-state index contributed by atoms with van der Waals surface area (Å²) in [5, 5.41) is 20.8. The van der Waals surface area contributed by atoms with E-state index >= 15 is 0 Å². The summed E-state index contributed by atoms with van der Waals surface area (Å²) in [7, 11) is 2.16. The van der Waals surface area contributed by atoms with Crippen molar-refractivity contribution in [2.75, 3.05) is 39.0 Å². The van der Waals surface area contributed by atoms with Crippen LogP contribution in [0.25, 0.3) is 0 Å². The second-order valence-corrected chi connectivity index (χ2v) is 15.4. The van der Waals surface area contributed by atoms with E-state index in [0.717, 1.165) is 81.7 Å². The smallest absolute Gasteiger partial charge is 0.308 e. The minimum absolute atomic E-state index is 0.0102. The molecule has 6 rings (SSSR count). The quantitative estimate of drug-likeness (QED) is 0.299. The Kier molecular flexibility index (Phi) is 10.1. The van der Waals surface area contributed by atoms with Crippen molar-refractivity contribution in [3.8, 4) is 0 Å². The minimum Gasteiger partial charge on any atom is -0.481 e. The van der Waals surface area contributed by atoms with Gasteiger partial charge in [-0.3, -0.25) is 24.8 Å². The van der Waals surface area contributed by atoms with Gasteiger partial charge in [-0.25, -0.2) is 4.98 Å². The lowest BCUT2D eigenvalue weighted by molar-refractivity contribution is -0.142. The van der Waals surface area contributed by atoms with Crippen LogP contribution in [0.5, 0.6) is 0 Å². The third-order valence-corrected chi connectivity index (χ3v) is 12.7. The van der Waals surface area contributed by atoms with E-state index in [-0.39, 0.29) is 46.2 Å². The molecule has 0 bridgehead atoms. The number of carbonyl (C=O) groups is 1. The van der Waals surface area contributed by atoms with Crippen molar-refractivity contribution in [2.45, 2.75) is 106 Å². The molecular formula is C31H49ClN6O4S. The second-order valence-electron chi connectivity index (χ2n) is 13.6. The van der Waals surface area contributed by atoms with E-state index in [1.807, 2.05) is 23.3 Å². The van der Waals surface area contributed by atoms with E-state index in [1.54, 1.807) is 0 Å². The number of piperidine rings is 1. The Morgan fingerprint density at radius 2 is 2.00 bits per heavy atom. The lowest BCUT2D eigenvalue weighted by Crippen LogP contribution is -2.57. The largest absolute Gasteiger partial charge is 0.481 e. The van der Waals surface area contributed by atoms with Crippen molar-refractivity contribution in [2.24, 2.45) is 17.8 Å². The molecule has 12 heteroatoms. The summed E-state index contributed by atoms with van der Waals surface area (Å²) < 4.78 is 8.45. The number of hydrogen-bond acceptors (Lipinski definition) is 9. The van der Waals surface area contributed by atoms with Crippen molar-refractivity contribution in [3.05, 3.63) is 27.4 Å². The normalized spacial score (nSPS) is 36.5. The molecule has 1 aromatic rings. The van der Waals surface area contributed by atoms with Crippen molar-refractivity contribution < 1.29 is 14.6 Å². The molecule has 3 saturated heterocycles. The number of alkyl halides is 1. The third-order valence-electron chi connectivity index (χ3n) is 10.8. The molecular weight excluding hydrogens is 588 g/mol. The Morgan fingerprint density at radius 1 is 1.21 bits per heavy atom. The van der Waals surface area contributed by atoms with E-state index in [1.165, 1.54) is 0 Å². The molecule has 0 amide bonds. The van der Waals surface area contributed by atoms with Gasteiger partial charge in [0.05, 0.1) is 37.0 Å². The molecule has 1 saturated carbocycles. The molecule has 0 spiro atoms. The first-order chi connectivity index (χ1) is 20.7. The highest BCUT2D eigenvalue weighted by atomic mass is 35.5. The van der Waals surface area contributed by atoms with Gasteiger partial charge in [0.15, 0.2) is 0 Å². The van der Waals surface area contributed by atoms with E-state index in [9.17, 15) is 14.7 Å². The van der Waals surface area contributed by atoms with Crippen LogP contribution in [0.2, 0.25) is 0 Å². The molecule has 0 aromatic carbocycles. The fraction of sp³-hybridized carbons (Fsp3) is 0.839. The summed E-state index contributed by atoms with van der Waals surface area (Å²) in [6.07, 6.45) is 6.67. The van der Waals surface area contributed by atoms with Gasteiger partial charge in [0.25, 0.3) is 5.56 Å². The lowest BCUT2D eigenvalue weighted by Gasteiger charge is -2.47. The number of fused-ring (bicyclic) bond motifs is 2. The SMILES string of the molecule is Cc1nc2c(c(=O)n1CCOC1CCC(Cl)CC1C1CC(C)NC3C(C(=O)O)CSC13)CC(N(C)CC1NCCN1)CC2. The summed E-state index contributed by atoms with van der Waals surface area (Å²) in [6.45, 7) is 7.96. The molecule has 4 fully saturated rings. The topological polar surface area (TPSA) is 121 Å². The van der Waals surface area contributed by atoms with E-state index in [4.69, 9.17) is 21.3 Å². The molecule has 3 aliphatic heterocycles. The first-order valence-corrected chi connectivity index (χ1v) is 17.8. The summed E-state index contributed by atoms with van der Waals surface area (Å²) in [6, 6.07) is 0.582. The highest BCUT2D eigenvalue weighted by Gasteiger charge is 2.51. The van der Waals surface area contributed by atoms with Gasteiger partial charge in [-0.15, -0.1) is 11.6 Å². The number of carboxylic acids is 1. The molecule has 10 nitrogen and oxygen atoms in total. The Hall–Kier alpha value is -1.21. The van der Waals surface area contributed by atoms with Crippen LogP contribution >= 0.6 is 23.4 Å². The number of thioether (sulfide) groups is 1. The van der Waals surface area contributed by atoms with Gasteiger partial charge in [-0.2, -0.15) is 11.8 Å². The summed E-state index contributed by atoms with van der Waals surface area (Å²) >= 11 is 8.55. The van der Waals surface area contributed by atoms with Crippen LogP contribution in [0.1, 0.15) is 56.1 Å². The molecule has 0 radical (unpaired) electrons. The highest BCUT2D eigenvalue weighted by Crippen LogP contribution is 2.48. The predicted octanol–water partition coefficient (Wildman–Crippen LogP) is 1.84. The number of aromatic nitrogens is 2. The molecule has 4 heterocycles. The summed E-state index contributed by atoms with van der Waals surface area (Å²) in [5.41, 5.74) is 1.91. The number of hydrogen-bond donors (Lipinski definition) is 4. The van der Waals surface area contributed by atoms with Crippen LogP contribution in [0, 0.1) is 24.7 Å². The van der Waals surface area contributed by atoms with Gasteiger partial charge in [0, 0.05) is 59.7 Å². The number of rotatable bonds is 9. The maximum atomic E-state index is 13.8. The number of aryl methyl sites for hydroxylation is 2. The number of carboxylic acid groups (broad SMARTS) is 1. The van der Waals surface area contributed by atoms with E-state index < -0.39 is 5.97 Å². The lowest BCUT2D eigenvalue weighted by atomic mass is 9.70. The van der Waals surface area contributed by atoms with Crippen LogP contribution in [-0.2, 0) is 28.9 Å². The number of aliphatic carboxylic acids is 1. The number of nitrogens with one attached hydrogen (secondary N) is 3. The second kappa shape index (κ2) is 13.6. The molecule has 1 aromatic heterocycles. The zero-order chi connectivity index (χ0) is 30.2. The van der Waals surface area contributed by atoms with Gasteiger partial charge in [0.1, 0.15) is 5.82 Å². The monoisotopic (exact) mass is 636 g/mol. The van der Waals surface area contributed by atoms with Gasteiger partial charge in [0.2, 0.25) is 0 Å². The summed E-state index contributed by atoms with van der Waals surface area (Å²) in [4.78, 5) is 33.0.